The molecule has 1 aliphatic carbocycles. The van der Waals surface area contributed by atoms with Gasteiger partial charge in [0.15, 0.2) is 5.58 Å². The van der Waals surface area contributed by atoms with E-state index in [0.717, 1.165) is 67.7 Å². The number of allylic oxidation sites excluding steroid dienone is 4. The van der Waals surface area contributed by atoms with Crippen molar-refractivity contribution < 1.29 is 4.42 Å². The zero-order valence-electron chi connectivity index (χ0n) is 34.6. The van der Waals surface area contributed by atoms with Crippen LogP contribution in [0.3, 0.4) is 0 Å². The molecule has 1 unspecified atom stereocenters. The van der Waals surface area contributed by atoms with E-state index < -0.39 is 0 Å². The zero-order valence-corrected chi connectivity index (χ0v) is 34.6. The van der Waals surface area contributed by atoms with Gasteiger partial charge in [-0.15, -0.1) is 0 Å². The standard InChI is InChI=1S/C60H42N2O/c1-3-12-41(13-4-1)43-22-24-44(25-23-43)46-28-35-50(36-29-46)61(49-33-26-45(27-34-49)42-14-5-2-6-15-42)51-37-30-47(31-38-51)48-32-39-57-55(40-48)52-16-7-9-19-56(52)62(57)58-20-11-18-54-53-17-8-10-21-59(53)63-60(54)58/h1-22,24-40,43H,23H2. The second-order valence-corrected chi connectivity index (χ2v) is 16.5. The molecule has 9 aromatic carbocycles. The third-order valence-electron chi connectivity index (χ3n) is 12.8. The number of benzene rings is 9. The van der Waals surface area contributed by atoms with E-state index in [1.807, 2.05) is 12.1 Å². The van der Waals surface area contributed by atoms with Gasteiger partial charge in [0.25, 0.3) is 0 Å². The van der Waals surface area contributed by atoms with Crippen LogP contribution >= 0.6 is 0 Å². The lowest BCUT2D eigenvalue weighted by Gasteiger charge is -2.26. The quantitative estimate of drug-likeness (QED) is 0.153. The maximum absolute atomic E-state index is 6.54. The molecular formula is C60H42N2O. The number of furan rings is 1. The molecule has 63 heavy (non-hydrogen) atoms. The summed E-state index contributed by atoms with van der Waals surface area (Å²) in [5.41, 5.74) is 17.0. The lowest BCUT2D eigenvalue weighted by molar-refractivity contribution is 0.666. The predicted octanol–water partition coefficient (Wildman–Crippen LogP) is 16.6. The van der Waals surface area contributed by atoms with E-state index in [1.165, 1.54) is 44.2 Å². The van der Waals surface area contributed by atoms with Gasteiger partial charge in [-0.25, -0.2) is 0 Å². The molecule has 0 N–H and O–H groups in total. The second-order valence-electron chi connectivity index (χ2n) is 16.5. The Balaban J connectivity index is 0.898. The van der Waals surface area contributed by atoms with E-state index in [-0.39, 0.29) is 0 Å². The van der Waals surface area contributed by atoms with Crippen molar-refractivity contribution >= 4 is 66.4 Å². The second kappa shape index (κ2) is 15.4. The molecule has 0 saturated carbocycles. The predicted molar refractivity (Wildman–Crippen MR) is 265 cm³/mol. The third kappa shape index (κ3) is 6.54. The van der Waals surface area contributed by atoms with Crippen molar-refractivity contribution in [3.05, 3.63) is 248 Å². The van der Waals surface area contributed by atoms with Crippen LogP contribution in [0.15, 0.2) is 241 Å². The average molecular weight is 807 g/mol. The Morgan fingerprint density at radius 3 is 1.68 bits per heavy atom. The zero-order chi connectivity index (χ0) is 41.7. The van der Waals surface area contributed by atoms with E-state index in [2.05, 4.69) is 234 Å². The highest BCUT2D eigenvalue weighted by molar-refractivity contribution is 6.13. The van der Waals surface area contributed by atoms with Gasteiger partial charge >= 0.3 is 0 Å². The van der Waals surface area contributed by atoms with Crippen LogP contribution in [0.4, 0.5) is 17.1 Å². The minimum Gasteiger partial charge on any atom is -0.454 e. The molecule has 298 valence electrons. The minimum atomic E-state index is 0.415. The van der Waals surface area contributed by atoms with Gasteiger partial charge < -0.3 is 13.9 Å². The molecule has 1 aliphatic rings. The van der Waals surface area contributed by atoms with Gasteiger partial charge in [-0.3, -0.25) is 0 Å². The van der Waals surface area contributed by atoms with Crippen molar-refractivity contribution in [2.75, 3.05) is 4.90 Å². The van der Waals surface area contributed by atoms with Crippen LogP contribution in [0.25, 0.3) is 77.3 Å². The number of para-hydroxylation sites is 3. The summed E-state index contributed by atoms with van der Waals surface area (Å²) in [7, 11) is 0. The minimum absolute atomic E-state index is 0.415. The molecule has 0 amide bonds. The van der Waals surface area contributed by atoms with Gasteiger partial charge in [-0.1, -0.05) is 170 Å². The summed E-state index contributed by atoms with van der Waals surface area (Å²) >= 11 is 0. The number of fused-ring (bicyclic) bond motifs is 6. The SMILES string of the molecule is C1=CC(c2ccccc2)CC=C1c1ccc(N(c2ccc(-c3ccccc3)cc2)c2ccc(-c3ccc4c(c3)c3ccccc3n4-c3cccc4c3oc3ccccc34)cc2)cc1. The Bertz CT molecular complexity index is 3500. The van der Waals surface area contributed by atoms with Gasteiger partial charge in [-0.05, 0) is 112 Å². The van der Waals surface area contributed by atoms with Crippen molar-refractivity contribution in [2.24, 2.45) is 0 Å². The smallest absolute Gasteiger partial charge is 0.159 e. The molecule has 0 saturated heterocycles. The fourth-order valence-corrected chi connectivity index (χ4v) is 9.59. The molecule has 0 spiro atoms. The molecule has 3 heteroatoms. The number of aromatic nitrogens is 1. The number of rotatable bonds is 8. The van der Waals surface area contributed by atoms with E-state index in [1.54, 1.807) is 0 Å². The maximum Gasteiger partial charge on any atom is 0.159 e. The normalized spacial score (nSPS) is 13.8. The van der Waals surface area contributed by atoms with Crippen LogP contribution in [0.2, 0.25) is 0 Å². The van der Waals surface area contributed by atoms with Crippen LogP contribution in [-0.4, -0.2) is 4.57 Å². The molecule has 0 aliphatic heterocycles. The lowest BCUT2D eigenvalue weighted by Crippen LogP contribution is -2.10. The first-order valence-electron chi connectivity index (χ1n) is 21.8. The van der Waals surface area contributed by atoms with E-state index in [9.17, 15) is 0 Å². The highest BCUT2D eigenvalue weighted by atomic mass is 16.3. The first-order chi connectivity index (χ1) is 31.2. The Hall–Kier alpha value is -8.14. The lowest BCUT2D eigenvalue weighted by atomic mass is 9.88. The van der Waals surface area contributed by atoms with Crippen molar-refractivity contribution in [3.63, 3.8) is 0 Å². The van der Waals surface area contributed by atoms with Crippen molar-refractivity contribution in [1.29, 1.82) is 0 Å². The maximum atomic E-state index is 6.54. The monoisotopic (exact) mass is 806 g/mol. The first-order valence-corrected chi connectivity index (χ1v) is 21.8. The topological polar surface area (TPSA) is 21.3 Å². The fraction of sp³-hybridized carbons (Fsp3) is 0.0333. The first kappa shape index (κ1) is 36.7. The number of hydrogen-bond donors (Lipinski definition) is 0. The molecule has 3 nitrogen and oxygen atoms in total. The van der Waals surface area contributed by atoms with Crippen LogP contribution in [0.5, 0.6) is 0 Å². The van der Waals surface area contributed by atoms with Crippen molar-refractivity contribution in [3.8, 4) is 27.9 Å². The van der Waals surface area contributed by atoms with Crippen molar-refractivity contribution in [1.82, 2.24) is 4.57 Å². The van der Waals surface area contributed by atoms with Gasteiger partial charge in [0.05, 0.1) is 16.7 Å². The van der Waals surface area contributed by atoms with Crippen LogP contribution in [0, 0.1) is 0 Å². The van der Waals surface area contributed by atoms with Crippen LogP contribution in [-0.2, 0) is 0 Å². The Morgan fingerprint density at radius 1 is 0.429 bits per heavy atom. The van der Waals surface area contributed by atoms with Crippen LogP contribution < -0.4 is 4.90 Å². The molecule has 2 aromatic heterocycles. The summed E-state index contributed by atoms with van der Waals surface area (Å²) in [5.74, 6) is 0.415. The Labute approximate surface area is 366 Å². The number of anilines is 3. The van der Waals surface area contributed by atoms with E-state index >= 15 is 0 Å². The summed E-state index contributed by atoms with van der Waals surface area (Å²) in [5, 5.41) is 4.67. The molecule has 2 heterocycles. The molecular weight excluding hydrogens is 765 g/mol. The van der Waals surface area contributed by atoms with Gasteiger partial charge in [0, 0.05) is 44.5 Å². The Morgan fingerprint density at radius 2 is 0.984 bits per heavy atom. The van der Waals surface area contributed by atoms with E-state index in [4.69, 9.17) is 4.42 Å². The highest BCUT2D eigenvalue weighted by Gasteiger charge is 2.19. The summed E-state index contributed by atoms with van der Waals surface area (Å²) in [4.78, 5) is 2.36. The molecule has 0 fully saturated rings. The van der Waals surface area contributed by atoms with E-state index in [0.29, 0.717) is 5.92 Å². The van der Waals surface area contributed by atoms with Gasteiger partial charge in [-0.2, -0.15) is 0 Å². The van der Waals surface area contributed by atoms with Gasteiger partial charge in [0.2, 0.25) is 0 Å². The molecule has 12 rings (SSSR count). The average Bonchev–Trinajstić information content (AvgIpc) is 3.91. The van der Waals surface area contributed by atoms with Gasteiger partial charge in [0.1, 0.15) is 5.58 Å². The molecule has 11 aromatic rings. The number of nitrogens with zero attached hydrogens (tertiary/aromatic N) is 2. The highest BCUT2D eigenvalue weighted by Crippen LogP contribution is 2.41. The fourth-order valence-electron chi connectivity index (χ4n) is 9.59. The number of hydrogen-bond acceptors (Lipinski definition) is 2. The summed E-state index contributed by atoms with van der Waals surface area (Å²) in [6.07, 6.45) is 8.00. The molecule has 0 radical (unpaired) electrons. The summed E-state index contributed by atoms with van der Waals surface area (Å²) in [6, 6.07) is 78.6. The third-order valence-corrected chi connectivity index (χ3v) is 12.8. The molecule has 0 bridgehead atoms. The largest absolute Gasteiger partial charge is 0.454 e. The summed E-state index contributed by atoms with van der Waals surface area (Å²) < 4.78 is 8.90. The molecule has 1 atom stereocenters. The van der Waals surface area contributed by atoms with Crippen molar-refractivity contribution in [2.45, 2.75) is 12.3 Å². The van der Waals surface area contributed by atoms with Crippen LogP contribution in [0.1, 0.15) is 23.5 Å². The Kier molecular flexibility index (Phi) is 8.97. The summed E-state index contributed by atoms with van der Waals surface area (Å²) in [6.45, 7) is 0.